The van der Waals surface area contributed by atoms with Crippen LogP contribution in [0, 0.1) is 5.41 Å². The second kappa shape index (κ2) is 12.7. The van der Waals surface area contributed by atoms with Crippen LogP contribution < -0.4 is 0 Å². The van der Waals surface area contributed by atoms with Gasteiger partial charge in [0.05, 0.1) is 6.10 Å². The summed E-state index contributed by atoms with van der Waals surface area (Å²) in [6.07, 6.45) is -2.53. The van der Waals surface area contributed by atoms with Crippen LogP contribution in [0.3, 0.4) is 0 Å². The van der Waals surface area contributed by atoms with Crippen molar-refractivity contribution >= 4 is 29.8 Å². The third kappa shape index (κ3) is 7.48. The Balaban J connectivity index is 1.89. The van der Waals surface area contributed by atoms with Crippen molar-refractivity contribution in [2.75, 3.05) is 6.61 Å². The van der Waals surface area contributed by atoms with E-state index in [-0.39, 0.29) is 12.6 Å². The Morgan fingerprint density at radius 3 is 1.90 bits per heavy atom. The average molecular weight is 599 g/mol. The van der Waals surface area contributed by atoms with Crippen LogP contribution in [0.4, 0.5) is 0 Å². The van der Waals surface area contributed by atoms with Crippen LogP contribution in [0.1, 0.15) is 75.2 Å². The molecule has 3 fully saturated rings. The number of hydrogen-bond acceptors (Lipinski definition) is 13. The highest BCUT2D eigenvalue weighted by Crippen LogP contribution is 2.66. The zero-order valence-corrected chi connectivity index (χ0v) is 25.6. The van der Waals surface area contributed by atoms with Crippen LogP contribution in [0.2, 0.25) is 0 Å². The van der Waals surface area contributed by atoms with E-state index in [2.05, 4.69) is 0 Å². The molecular weight excluding hydrogens is 556 g/mol. The summed E-state index contributed by atoms with van der Waals surface area (Å²) >= 11 is 0. The molecule has 0 N–H and O–H groups in total. The second-order valence-electron chi connectivity index (χ2n) is 11.9. The Kier molecular flexibility index (Phi) is 10.1. The van der Waals surface area contributed by atoms with Gasteiger partial charge < -0.3 is 37.9 Å². The Morgan fingerprint density at radius 1 is 0.810 bits per heavy atom. The molecule has 2 aliphatic heterocycles. The van der Waals surface area contributed by atoms with Gasteiger partial charge >= 0.3 is 29.8 Å². The van der Waals surface area contributed by atoms with Crippen molar-refractivity contribution < 1.29 is 61.9 Å². The van der Waals surface area contributed by atoms with Gasteiger partial charge in [-0.15, -0.1) is 0 Å². The van der Waals surface area contributed by atoms with Crippen molar-refractivity contribution in [3.63, 3.8) is 0 Å². The fraction of sp³-hybridized carbons (Fsp3) is 0.759. The molecule has 2 saturated heterocycles. The molecule has 1 unspecified atom stereocenters. The predicted octanol–water partition coefficient (Wildman–Crippen LogP) is 2.31. The molecule has 0 bridgehead atoms. The van der Waals surface area contributed by atoms with Crippen molar-refractivity contribution in [3.05, 3.63) is 12.2 Å². The van der Waals surface area contributed by atoms with Crippen LogP contribution in [0.5, 0.6) is 0 Å². The first-order valence-corrected chi connectivity index (χ1v) is 13.9. The maximum absolute atomic E-state index is 12.1. The van der Waals surface area contributed by atoms with Crippen LogP contribution in [-0.2, 0) is 61.9 Å². The highest BCUT2D eigenvalue weighted by molar-refractivity contribution is 5.69. The fourth-order valence-electron chi connectivity index (χ4n) is 6.20. The number of ether oxygens (including phenoxy) is 8. The van der Waals surface area contributed by atoms with Gasteiger partial charge in [-0.05, 0) is 32.4 Å². The molecule has 13 nitrogen and oxygen atoms in total. The normalized spacial score (nSPS) is 35.7. The molecular formula is C29H42O13. The summed E-state index contributed by atoms with van der Waals surface area (Å²) in [4.78, 5) is 59.2. The molecule has 3 aliphatic rings. The quantitative estimate of drug-likeness (QED) is 0.156. The van der Waals surface area contributed by atoms with Gasteiger partial charge in [0.1, 0.15) is 30.0 Å². The molecule has 0 radical (unpaired) electrons. The van der Waals surface area contributed by atoms with Crippen LogP contribution in [-0.4, -0.2) is 90.6 Å². The number of carbonyl (C=O) groups is 5. The van der Waals surface area contributed by atoms with E-state index in [9.17, 15) is 24.0 Å². The van der Waals surface area contributed by atoms with Crippen molar-refractivity contribution in [2.24, 2.45) is 5.41 Å². The van der Waals surface area contributed by atoms with Gasteiger partial charge in [-0.2, -0.15) is 0 Å². The molecule has 13 heteroatoms. The van der Waals surface area contributed by atoms with E-state index in [1.807, 2.05) is 26.8 Å². The minimum Gasteiger partial charge on any atom is -0.463 e. The summed E-state index contributed by atoms with van der Waals surface area (Å²) in [6.45, 7) is 13.5. The molecule has 0 spiro atoms. The van der Waals surface area contributed by atoms with Gasteiger partial charge in [-0.3, -0.25) is 24.0 Å². The third-order valence-electron chi connectivity index (χ3n) is 7.72. The predicted molar refractivity (Wildman–Crippen MR) is 142 cm³/mol. The standard InChI is InChI=1S/C29H42O13/c1-15(36-17(3)31)10-11-29-27(7,8)12-21(13-28(29,9)42-29)40-26-25(39-20(6)34)24(38-19(5)33)23(37-18(4)32)22(41-26)14-35-16(2)30/h10-11,15,21-26H,12-14H2,1-9H3/b11-10+/t15?,21-,22+,23+,24-,25+,26+,28+,29-/m0/s1. The molecule has 3 rings (SSSR count). The molecule has 0 aromatic carbocycles. The van der Waals surface area contributed by atoms with Crippen LogP contribution in [0.15, 0.2) is 12.2 Å². The molecule has 0 amide bonds. The number of hydrogen-bond donors (Lipinski definition) is 0. The number of epoxide rings is 1. The molecule has 1 saturated carbocycles. The lowest BCUT2D eigenvalue weighted by Crippen LogP contribution is -2.63. The molecule has 236 valence electrons. The SMILES string of the molecule is CC(=O)OC[C@H]1O[C@@H](O[C@H]2CC(C)(C)[C@]3(/C=C/C(C)OC(C)=O)O[C@]3(C)C2)[C@H](OC(C)=O)[C@@H](OC(C)=O)[C@@H]1OC(C)=O. The van der Waals surface area contributed by atoms with Gasteiger partial charge in [0.15, 0.2) is 24.6 Å². The van der Waals surface area contributed by atoms with Gasteiger partial charge in [-0.1, -0.05) is 13.8 Å². The zero-order valence-electron chi connectivity index (χ0n) is 25.6. The minimum absolute atomic E-state index is 0.344. The van der Waals surface area contributed by atoms with E-state index in [1.54, 1.807) is 13.0 Å². The highest BCUT2D eigenvalue weighted by Gasteiger charge is 2.75. The highest BCUT2D eigenvalue weighted by atomic mass is 16.7. The fourth-order valence-corrected chi connectivity index (χ4v) is 6.20. The summed E-state index contributed by atoms with van der Waals surface area (Å²) in [5, 5.41) is 0. The summed E-state index contributed by atoms with van der Waals surface area (Å²) in [5.74, 6) is -3.13. The molecule has 1 aliphatic carbocycles. The number of fused-ring (bicyclic) bond motifs is 1. The Morgan fingerprint density at radius 2 is 1.38 bits per heavy atom. The van der Waals surface area contributed by atoms with Crippen LogP contribution >= 0.6 is 0 Å². The number of esters is 5. The zero-order chi connectivity index (χ0) is 31.6. The molecule has 0 aromatic heterocycles. The van der Waals surface area contributed by atoms with E-state index in [0.29, 0.717) is 12.8 Å². The first-order chi connectivity index (χ1) is 19.4. The Hall–Kier alpha value is -3.03. The van der Waals surface area contributed by atoms with E-state index >= 15 is 0 Å². The lowest BCUT2D eigenvalue weighted by atomic mass is 9.63. The van der Waals surface area contributed by atoms with Crippen molar-refractivity contribution in [2.45, 2.75) is 129 Å². The second-order valence-corrected chi connectivity index (χ2v) is 11.9. The smallest absolute Gasteiger partial charge is 0.303 e. The number of rotatable bonds is 10. The average Bonchev–Trinajstić information content (AvgIpc) is 3.45. The summed E-state index contributed by atoms with van der Waals surface area (Å²) in [6, 6.07) is 0. The topological polar surface area (TPSA) is 162 Å². The molecule has 0 aromatic rings. The van der Waals surface area contributed by atoms with Crippen molar-refractivity contribution in [1.29, 1.82) is 0 Å². The Bertz CT molecular complexity index is 1100. The summed E-state index contributed by atoms with van der Waals surface area (Å²) in [7, 11) is 0. The van der Waals surface area contributed by atoms with Crippen LogP contribution in [0.25, 0.3) is 0 Å². The van der Waals surface area contributed by atoms with Crippen molar-refractivity contribution in [1.82, 2.24) is 0 Å². The van der Waals surface area contributed by atoms with E-state index in [0.717, 1.165) is 13.8 Å². The van der Waals surface area contributed by atoms with Gasteiger partial charge in [0.25, 0.3) is 0 Å². The van der Waals surface area contributed by atoms with Gasteiger partial charge in [0, 0.05) is 46.5 Å². The lowest BCUT2D eigenvalue weighted by Gasteiger charge is -2.46. The van der Waals surface area contributed by atoms with E-state index < -0.39 is 83.4 Å². The molecule has 2 heterocycles. The van der Waals surface area contributed by atoms with Crippen molar-refractivity contribution in [3.8, 4) is 0 Å². The van der Waals surface area contributed by atoms with E-state index in [1.165, 1.54) is 20.8 Å². The molecule has 9 atom stereocenters. The monoisotopic (exact) mass is 598 g/mol. The largest absolute Gasteiger partial charge is 0.463 e. The maximum Gasteiger partial charge on any atom is 0.303 e. The maximum atomic E-state index is 12.1. The molecule has 42 heavy (non-hydrogen) atoms. The minimum atomic E-state index is -1.32. The third-order valence-corrected chi connectivity index (χ3v) is 7.72. The summed E-state index contributed by atoms with van der Waals surface area (Å²) < 4.78 is 45.7. The first kappa shape index (κ1) is 33.5. The van der Waals surface area contributed by atoms with E-state index in [4.69, 9.17) is 37.9 Å². The Labute approximate surface area is 245 Å². The number of carbonyl (C=O) groups excluding carboxylic acids is 5. The first-order valence-electron chi connectivity index (χ1n) is 13.9. The van der Waals surface area contributed by atoms with Gasteiger partial charge in [-0.25, -0.2) is 0 Å². The van der Waals surface area contributed by atoms with Gasteiger partial charge in [0.2, 0.25) is 0 Å². The lowest BCUT2D eigenvalue weighted by molar-refractivity contribution is -0.320. The summed E-state index contributed by atoms with van der Waals surface area (Å²) in [5.41, 5.74) is -1.74.